The molecule has 0 aliphatic rings. The summed E-state index contributed by atoms with van der Waals surface area (Å²) in [7, 11) is -2.13. The number of ketones is 1. The van der Waals surface area contributed by atoms with Crippen molar-refractivity contribution in [2.75, 3.05) is 6.61 Å². The fraction of sp³-hybridized carbons (Fsp3) is 0.275. The molecule has 0 aromatic heterocycles. The van der Waals surface area contributed by atoms with Gasteiger partial charge in [0, 0.05) is 6.07 Å². The summed E-state index contributed by atoms with van der Waals surface area (Å²) in [5.41, 5.74) is 4.39. The van der Waals surface area contributed by atoms with Gasteiger partial charge < -0.3 is 18.6 Å². The zero-order valence-corrected chi connectivity index (χ0v) is 28.7. The molecule has 46 heavy (non-hydrogen) atoms. The molecule has 0 atom stereocenters. The highest BCUT2D eigenvalue weighted by atomic mass is 28.4. The van der Waals surface area contributed by atoms with Gasteiger partial charge in [-0.15, -0.1) is 0 Å². The van der Waals surface area contributed by atoms with Gasteiger partial charge >= 0.3 is 0 Å². The summed E-state index contributed by atoms with van der Waals surface area (Å²) < 4.78 is 25.0. The molecule has 0 radical (unpaired) electrons. The molecule has 0 N–H and O–H groups in total. The summed E-state index contributed by atoms with van der Waals surface area (Å²) >= 11 is 0. The summed E-state index contributed by atoms with van der Waals surface area (Å²) in [5, 5.41) is 0.0124. The number of allylic oxidation sites excluding steroid dienone is 3. The van der Waals surface area contributed by atoms with Gasteiger partial charge in [-0.2, -0.15) is 0 Å². The summed E-state index contributed by atoms with van der Waals surface area (Å²) in [4.78, 5) is 13.9. The molecule has 0 bridgehead atoms. The third kappa shape index (κ3) is 10.7. The summed E-state index contributed by atoms with van der Waals surface area (Å²) in [6, 6.07) is 33.7. The summed E-state index contributed by atoms with van der Waals surface area (Å²) in [6.07, 6.45) is 7.03. The quantitative estimate of drug-likeness (QED) is 0.0404. The van der Waals surface area contributed by atoms with E-state index in [9.17, 15) is 4.79 Å². The van der Waals surface area contributed by atoms with Gasteiger partial charge in [0.1, 0.15) is 24.7 Å². The molecule has 0 aliphatic carbocycles. The predicted octanol–water partition coefficient (Wildman–Crippen LogP) is 9.88. The maximum atomic E-state index is 13.9. The van der Waals surface area contributed by atoms with E-state index in [1.54, 1.807) is 12.2 Å². The third-order valence-electron chi connectivity index (χ3n) is 8.10. The Kier molecular flexibility index (Phi) is 12.7. The second kappa shape index (κ2) is 16.9. The lowest BCUT2D eigenvalue weighted by Gasteiger charge is -2.36. The number of rotatable bonds is 16. The van der Waals surface area contributed by atoms with Gasteiger partial charge in [0.15, 0.2) is 14.1 Å². The van der Waals surface area contributed by atoms with Crippen LogP contribution in [0.2, 0.25) is 18.1 Å². The van der Waals surface area contributed by atoms with Crippen LogP contribution in [0.25, 0.3) is 0 Å². The second-order valence-corrected chi connectivity index (χ2v) is 17.5. The second-order valence-electron chi connectivity index (χ2n) is 12.7. The van der Waals surface area contributed by atoms with Crippen LogP contribution >= 0.6 is 0 Å². The van der Waals surface area contributed by atoms with Crippen LogP contribution in [0.15, 0.2) is 127 Å². The normalized spacial score (nSPS) is 12.1. The van der Waals surface area contributed by atoms with Crippen molar-refractivity contribution in [3.05, 3.63) is 155 Å². The van der Waals surface area contributed by atoms with Gasteiger partial charge in [0.25, 0.3) is 0 Å². The van der Waals surface area contributed by atoms with Crippen LogP contribution in [0.3, 0.4) is 0 Å². The highest BCUT2D eigenvalue weighted by Gasteiger charge is 2.37. The van der Waals surface area contributed by atoms with Crippen LogP contribution in [-0.4, -0.2) is 20.7 Å². The van der Waals surface area contributed by atoms with E-state index in [0.717, 1.165) is 22.3 Å². The van der Waals surface area contributed by atoms with E-state index in [2.05, 4.69) is 33.9 Å². The molecule has 6 heteroatoms. The maximum absolute atomic E-state index is 13.9. The first kappa shape index (κ1) is 34.6. The smallest absolute Gasteiger partial charge is 0.192 e. The molecule has 4 aromatic rings. The van der Waals surface area contributed by atoms with E-state index >= 15 is 0 Å². The maximum Gasteiger partial charge on any atom is 0.192 e. The molecule has 0 aliphatic heterocycles. The van der Waals surface area contributed by atoms with Crippen molar-refractivity contribution in [1.29, 1.82) is 0 Å². The standard InChI is InChI=1S/C40H46O5Si/c1-40(2,3)46(4,5)45-31-35-26-36(43-29-33-20-12-7-13-21-33)27-38(44-30-34-22-14-8-15-23-34)39(35)37(41)24-16-9-17-25-42-28-32-18-10-6-11-19-32/h6-24,26-27H,25,28-31H2,1-5H3/b17-9+,24-16+. The van der Waals surface area contributed by atoms with Crippen molar-refractivity contribution in [1.82, 2.24) is 0 Å². The lowest BCUT2D eigenvalue weighted by molar-refractivity contribution is 0.103. The van der Waals surface area contributed by atoms with Crippen molar-refractivity contribution in [2.24, 2.45) is 0 Å². The van der Waals surface area contributed by atoms with Crippen molar-refractivity contribution in [2.45, 2.75) is 65.3 Å². The number of carbonyl (C=O) groups is 1. The van der Waals surface area contributed by atoms with E-state index in [1.807, 2.05) is 115 Å². The van der Waals surface area contributed by atoms with Gasteiger partial charge in [0.05, 0.1) is 25.4 Å². The zero-order valence-electron chi connectivity index (χ0n) is 27.7. The van der Waals surface area contributed by atoms with Crippen LogP contribution in [-0.2, 0) is 35.6 Å². The Balaban J connectivity index is 1.59. The topological polar surface area (TPSA) is 54.0 Å². The van der Waals surface area contributed by atoms with Gasteiger partial charge in [-0.05, 0) is 52.5 Å². The summed E-state index contributed by atoms with van der Waals surface area (Å²) in [5.74, 6) is 0.922. The molecule has 240 valence electrons. The molecular formula is C40H46O5Si. The molecule has 0 saturated heterocycles. The lowest BCUT2D eigenvalue weighted by Crippen LogP contribution is -2.40. The molecule has 0 saturated carbocycles. The monoisotopic (exact) mass is 634 g/mol. The van der Waals surface area contributed by atoms with E-state index in [-0.39, 0.29) is 17.4 Å². The minimum absolute atomic E-state index is 0.0124. The number of ether oxygens (including phenoxy) is 3. The Labute approximate surface area is 275 Å². The number of benzene rings is 4. The Morgan fingerprint density at radius 2 is 1.24 bits per heavy atom. The van der Waals surface area contributed by atoms with Crippen LogP contribution < -0.4 is 9.47 Å². The SMILES string of the molecule is CC(C)(C)[Si](C)(C)OCc1cc(OCc2ccccc2)cc(OCc2ccccc2)c1C(=O)/C=C/C=C/COCc1ccccc1. The van der Waals surface area contributed by atoms with E-state index in [1.165, 1.54) is 0 Å². The number of hydrogen-bond donors (Lipinski definition) is 0. The molecule has 0 heterocycles. The number of carbonyl (C=O) groups excluding carboxylic acids is 1. The average Bonchev–Trinajstić information content (AvgIpc) is 3.05. The Bertz CT molecular complexity index is 1570. The van der Waals surface area contributed by atoms with Crippen LogP contribution in [0, 0.1) is 0 Å². The Morgan fingerprint density at radius 1 is 0.696 bits per heavy atom. The fourth-order valence-electron chi connectivity index (χ4n) is 4.37. The van der Waals surface area contributed by atoms with Crippen molar-refractivity contribution in [3.8, 4) is 11.5 Å². The van der Waals surface area contributed by atoms with Gasteiger partial charge in [0.2, 0.25) is 0 Å². The molecule has 0 amide bonds. The fourth-order valence-corrected chi connectivity index (χ4v) is 5.32. The van der Waals surface area contributed by atoms with Crippen LogP contribution in [0.5, 0.6) is 11.5 Å². The molecule has 0 fully saturated rings. The molecule has 5 nitrogen and oxygen atoms in total. The highest BCUT2D eigenvalue weighted by molar-refractivity contribution is 6.74. The van der Waals surface area contributed by atoms with Crippen molar-refractivity contribution in [3.63, 3.8) is 0 Å². The highest BCUT2D eigenvalue weighted by Crippen LogP contribution is 2.38. The number of hydrogen-bond acceptors (Lipinski definition) is 5. The molecule has 4 rings (SSSR count). The van der Waals surface area contributed by atoms with Crippen molar-refractivity contribution >= 4 is 14.1 Å². The lowest BCUT2D eigenvalue weighted by atomic mass is 10.0. The molecule has 4 aromatic carbocycles. The van der Waals surface area contributed by atoms with E-state index < -0.39 is 8.32 Å². The van der Waals surface area contributed by atoms with Crippen LogP contribution in [0.1, 0.15) is 53.4 Å². The van der Waals surface area contributed by atoms with E-state index in [0.29, 0.717) is 43.5 Å². The molecular weight excluding hydrogens is 589 g/mol. The van der Waals surface area contributed by atoms with Gasteiger partial charge in [-0.1, -0.05) is 130 Å². The largest absolute Gasteiger partial charge is 0.489 e. The van der Waals surface area contributed by atoms with Gasteiger partial charge in [-0.25, -0.2) is 0 Å². The zero-order chi connectivity index (χ0) is 32.8. The predicted molar refractivity (Wildman–Crippen MR) is 189 cm³/mol. The first-order valence-electron chi connectivity index (χ1n) is 15.8. The minimum atomic E-state index is -2.13. The Morgan fingerprint density at radius 3 is 1.80 bits per heavy atom. The molecule has 0 spiro atoms. The average molecular weight is 635 g/mol. The Hall–Kier alpha value is -4.23. The van der Waals surface area contributed by atoms with E-state index in [4.69, 9.17) is 18.6 Å². The van der Waals surface area contributed by atoms with Crippen LogP contribution in [0.4, 0.5) is 0 Å². The van der Waals surface area contributed by atoms with Crippen molar-refractivity contribution < 1.29 is 23.4 Å². The van der Waals surface area contributed by atoms with Gasteiger partial charge in [-0.3, -0.25) is 4.79 Å². The third-order valence-corrected chi connectivity index (χ3v) is 12.6. The first-order chi connectivity index (χ1) is 22.1. The summed E-state index contributed by atoms with van der Waals surface area (Å²) in [6.45, 7) is 13.0. The first-order valence-corrected chi connectivity index (χ1v) is 18.7. The molecule has 0 unspecified atom stereocenters. The minimum Gasteiger partial charge on any atom is -0.489 e.